The van der Waals surface area contributed by atoms with E-state index in [0.29, 0.717) is 24.7 Å². The first-order chi connectivity index (χ1) is 12.3. The zero-order valence-corrected chi connectivity index (χ0v) is 13.8. The molecule has 2 aliphatic rings. The predicted octanol–water partition coefficient (Wildman–Crippen LogP) is 1.82. The molecule has 2 aromatic rings. The quantitative estimate of drug-likeness (QED) is 0.844. The van der Waals surface area contributed by atoms with Gasteiger partial charge in [0.2, 0.25) is 12.7 Å². The molecule has 1 saturated heterocycles. The van der Waals surface area contributed by atoms with E-state index in [9.17, 15) is 4.79 Å². The van der Waals surface area contributed by atoms with Crippen LogP contribution in [0.5, 0.6) is 17.5 Å². The average Bonchev–Trinajstić information content (AvgIpc) is 3.10. The van der Waals surface area contributed by atoms with Gasteiger partial charge in [-0.3, -0.25) is 4.79 Å². The fourth-order valence-corrected chi connectivity index (χ4v) is 3.09. The van der Waals surface area contributed by atoms with Crippen molar-refractivity contribution in [3.8, 4) is 17.5 Å². The summed E-state index contributed by atoms with van der Waals surface area (Å²) in [6, 6.07) is 7.73. The first kappa shape index (κ1) is 15.7. The molecule has 7 nitrogen and oxygen atoms in total. The summed E-state index contributed by atoms with van der Waals surface area (Å²) in [7, 11) is 0. The number of benzene rings is 1. The molecule has 1 aromatic heterocycles. The van der Waals surface area contributed by atoms with Crippen LogP contribution in [0.2, 0.25) is 0 Å². The summed E-state index contributed by atoms with van der Waals surface area (Å²) in [5.74, 6) is 1.51. The van der Waals surface area contributed by atoms with Crippen molar-refractivity contribution in [2.45, 2.75) is 25.4 Å². The van der Waals surface area contributed by atoms with Gasteiger partial charge >= 0.3 is 6.01 Å². The van der Waals surface area contributed by atoms with Gasteiger partial charge < -0.3 is 19.1 Å². The number of hydrogen-bond acceptors (Lipinski definition) is 6. The molecule has 1 aromatic carbocycles. The highest BCUT2D eigenvalue weighted by Gasteiger charge is 2.26. The zero-order chi connectivity index (χ0) is 17.1. The fourth-order valence-electron chi connectivity index (χ4n) is 3.09. The Morgan fingerprint density at radius 3 is 2.96 bits per heavy atom. The van der Waals surface area contributed by atoms with Crippen LogP contribution in [0.1, 0.15) is 18.4 Å². The van der Waals surface area contributed by atoms with Gasteiger partial charge in [-0.2, -0.15) is 0 Å². The molecule has 25 heavy (non-hydrogen) atoms. The van der Waals surface area contributed by atoms with Crippen molar-refractivity contribution in [1.29, 1.82) is 0 Å². The number of likely N-dealkylation sites (tertiary alicyclic amines) is 1. The highest BCUT2D eigenvalue weighted by atomic mass is 16.7. The third-order valence-corrected chi connectivity index (χ3v) is 4.34. The van der Waals surface area contributed by atoms with E-state index in [0.717, 1.165) is 30.7 Å². The molecular weight excluding hydrogens is 322 g/mol. The molecular formula is C18H19N3O4. The predicted molar refractivity (Wildman–Crippen MR) is 88.5 cm³/mol. The molecule has 3 heterocycles. The normalized spacial score (nSPS) is 18.9. The van der Waals surface area contributed by atoms with E-state index in [1.807, 2.05) is 23.1 Å². The number of hydrogen-bond donors (Lipinski definition) is 0. The van der Waals surface area contributed by atoms with Gasteiger partial charge in [-0.25, -0.2) is 9.97 Å². The standard InChI is InChI=1S/C18H19N3O4/c22-17(10-13-4-5-15-16(9-13)24-12-23-15)21-8-1-3-14(11-21)25-18-19-6-2-7-20-18/h2,4-7,9,14H,1,3,8,10-12H2/t14-/m0/s1. The van der Waals surface area contributed by atoms with Crippen LogP contribution in [0.25, 0.3) is 0 Å². The Hall–Kier alpha value is -2.83. The Morgan fingerprint density at radius 1 is 1.24 bits per heavy atom. The van der Waals surface area contributed by atoms with Crippen LogP contribution in [0.15, 0.2) is 36.7 Å². The largest absolute Gasteiger partial charge is 0.458 e. The van der Waals surface area contributed by atoms with E-state index >= 15 is 0 Å². The fraction of sp³-hybridized carbons (Fsp3) is 0.389. The second-order valence-electron chi connectivity index (χ2n) is 6.12. The monoisotopic (exact) mass is 341 g/mol. The average molecular weight is 341 g/mol. The minimum absolute atomic E-state index is 0.0724. The Bertz CT molecular complexity index is 753. The van der Waals surface area contributed by atoms with E-state index in [1.165, 1.54) is 0 Å². The van der Waals surface area contributed by atoms with E-state index in [-0.39, 0.29) is 18.8 Å². The maximum absolute atomic E-state index is 12.6. The molecule has 0 saturated carbocycles. The topological polar surface area (TPSA) is 73.8 Å². The molecule has 0 radical (unpaired) electrons. The van der Waals surface area contributed by atoms with E-state index < -0.39 is 0 Å². The van der Waals surface area contributed by atoms with Crippen LogP contribution in [0.3, 0.4) is 0 Å². The van der Waals surface area contributed by atoms with Crippen molar-refractivity contribution in [3.63, 3.8) is 0 Å². The molecule has 0 unspecified atom stereocenters. The Balaban J connectivity index is 1.36. The Morgan fingerprint density at radius 2 is 2.08 bits per heavy atom. The van der Waals surface area contributed by atoms with Crippen molar-refractivity contribution in [2.24, 2.45) is 0 Å². The summed E-state index contributed by atoms with van der Waals surface area (Å²) in [4.78, 5) is 22.6. The highest BCUT2D eigenvalue weighted by molar-refractivity contribution is 5.79. The van der Waals surface area contributed by atoms with E-state index in [2.05, 4.69) is 9.97 Å². The molecule has 1 fully saturated rings. The third-order valence-electron chi connectivity index (χ3n) is 4.34. The van der Waals surface area contributed by atoms with Gasteiger partial charge in [-0.05, 0) is 36.6 Å². The number of ether oxygens (including phenoxy) is 3. The molecule has 0 bridgehead atoms. The van der Waals surface area contributed by atoms with Crippen LogP contribution in [-0.2, 0) is 11.2 Å². The molecule has 2 aliphatic heterocycles. The lowest BCUT2D eigenvalue weighted by molar-refractivity contribution is -0.133. The lowest BCUT2D eigenvalue weighted by Gasteiger charge is -2.32. The van der Waals surface area contributed by atoms with E-state index in [1.54, 1.807) is 18.5 Å². The van der Waals surface area contributed by atoms with Crippen molar-refractivity contribution < 1.29 is 19.0 Å². The highest BCUT2D eigenvalue weighted by Crippen LogP contribution is 2.32. The van der Waals surface area contributed by atoms with Gasteiger partial charge in [0.25, 0.3) is 0 Å². The lowest BCUT2D eigenvalue weighted by atomic mass is 10.1. The van der Waals surface area contributed by atoms with Crippen LogP contribution in [0, 0.1) is 0 Å². The van der Waals surface area contributed by atoms with Crippen LogP contribution in [0.4, 0.5) is 0 Å². The second-order valence-corrected chi connectivity index (χ2v) is 6.12. The molecule has 130 valence electrons. The lowest BCUT2D eigenvalue weighted by Crippen LogP contribution is -2.45. The number of nitrogens with zero attached hydrogens (tertiary/aromatic N) is 3. The summed E-state index contributed by atoms with van der Waals surface area (Å²) in [5, 5.41) is 0. The Labute approximate surface area is 145 Å². The SMILES string of the molecule is O=C(Cc1ccc2c(c1)OCO2)N1CCC[C@H](Oc2ncccn2)C1. The molecule has 0 N–H and O–H groups in total. The number of piperidine rings is 1. The minimum atomic E-state index is -0.0724. The third kappa shape index (κ3) is 3.65. The first-order valence-corrected chi connectivity index (χ1v) is 8.38. The van der Waals surface area contributed by atoms with Gasteiger partial charge in [0.1, 0.15) is 6.10 Å². The summed E-state index contributed by atoms with van der Waals surface area (Å²) in [5.41, 5.74) is 0.920. The van der Waals surface area contributed by atoms with Crippen molar-refractivity contribution in [1.82, 2.24) is 14.9 Å². The molecule has 4 rings (SSSR count). The number of rotatable bonds is 4. The smallest absolute Gasteiger partial charge is 0.316 e. The van der Waals surface area contributed by atoms with Gasteiger partial charge in [0.15, 0.2) is 11.5 Å². The van der Waals surface area contributed by atoms with Crippen LogP contribution >= 0.6 is 0 Å². The van der Waals surface area contributed by atoms with Crippen molar-refractivity contribution in [2.75, 3.05) is 19.9 Å². The summed E-state index contributed by atoms with van der Waals surface area (Å²) >= 11 is 0. The summed E-state index contributed by atoms with van der Waals surface area (Å²) in [6.07, 6.45) is 5.36. The van der Waals surface area contributed by atoms with Gasteiger partial charge in [-0.15, -0.1) is 0 Å². The van der Waals surface area contributed by atoms with Gasteiger partial charge in [0.05, 0.1) is 13.0 Å². The number of amides is 1. The molecule has 0 aliphatic carbocycles. The number of carbonyl (C=O) groups is 1. The minimum Gasteiger partial charge on any atom is -0.458 e. The van der Waals surface area contributed by atoms with Gasteiger partial charge in [0, 0.05) is 18.9 Å². The molecule has 1 amide bonds. The van der Waals surface area contributed by atoms with Gasteiger partial charge in [-0.1, -0.05) is 6.07 Å². The maximum Gasteiger partial charge on any atom is 0.316 e. The first-order valence-electron chi connectivity index (χ1n) is 8.38. The number of aromatic nitrogens is 2. The summed E-state index contributed by atoms with van der Waals surface area (Å²) in [6.45, 7) is 1.54. The number of carbonyl (C=O) groups excluding carboxylic acids is 1. The van der Waals surface area contributed by atoms with E-state index in [4.69, 9.17) is 14.2 Å². The molecule has 1 atom stereocenters. The molecule has 0 spiro atoms. The molecule has 7 heteroatoms. The van der Waals surface area contributed by atoms with Crippen LogP contribution < -0.4 is 14.2 Å². The second kappa shape index (κ2) is 6.96. The zero-order valence-electron chi connectivity index (χ0n) is 13.8. The van der Waals surface area contributed by atoms with Crippen molar-refractivity contribution >= 4 is 5.91 Å². The van der Waals surface area contributed by atoms with Crippen LogP contribution in [-0.4, -0.2) is 46.8 Å². The van der Waals surface area contributed by atoms with Crippen molar-refractivity contribution in [3.05, 3.63) is 42.2 Å². The summed E-state index contributed by atoms with van der Waals surface area (Å²) < 4.78 is 16.5. The Kier molecular flexibility index (Phi) is 4.37. The maximum atomic E-state index is 12.6. The number of fused-ring (bicyclic) bond motifs is 1.